The van der Waals surface area contributed by atoms with Gasteiger partial charge in [0.2, 0.25) is 0 Å². The van der Waals surface area contributed by atoms with Gasteiger partial charge in [0.1, 0.15) is 0 Å². The van der Waals surface area contributed by atoms with E-state index in [1.165, 1.54) is 30.0 Å². The second-order valence-electron chi connectivity index (χ2n) is 6.43. The molecule has 0 aliphatic rings. The van der Waals surface area contributed by atoms with Crippen LogP contribution >= 0.6 is 35.0 Å². The van der Waals surface area contributed by atoms with E-state index in [1.807, 2.05) is 7.05 Å². The molecule has 1 atom stereocenters. The van der Waals surface area contributed by atoms with Gasteiger partial charge in [-0.15, -0.1) is 10.2 Å². The monoisotopic (exact) mass is 465 g/mol. The van der Waals surface area contributed by atoms with Gasteiger partial charge in [0.15, 0.2) is 11.0 Å². The zero-order valence-corrected chi connectivity index (χ0v) is 18.3. The first-order valence-electron chi connectivity index (χ1n) is 8.77. The molecular weight excluding hydrogens is 449 g/mol. The molecular formula is C19H17Cl2N5O3S. The molecule has 2 aromatic carbocycles. The Kier molecular flexibility index (Phi) is 6.96. The van der Waals surface area contributed by atoms with Crippen LogP contribution in [0.3, 0.4) is 0 Å². The van der Waals surface area contributed by atoms with Gasteiger partial charge in [0.05, 0.1) is 21.6 Å². The number of amides is 1. The quantitative estimate of drug-likeness (QED) is 0.305. The molecule has 11 heteroatoms. The highest BCUT2D eigenvalue weighted by Gasteiger charge is 2.20. The molecule has 1 heterocycles. The molecule has 0 aliphatic heterocycles. The summed E-state index contributed by atoms with van der Waals surface area (Å²) in [5.74, 6) is 0.817. The number of carbonyl (C=O) groups is 1. The van der Waals surface area contributed by atoms with Crippen molar-refractivity contribution in [1.82, 2.24) is 20.1 Å². The minimum absolute atomic E-state index is 0.0510. The Labute approximate surface area is 186 Å². The first-order chi connectivity index (χ1) is 14.3. The molecule has 0 bridgehead atoms. The molecule has 8 nitrogen and oxygen atoms in total. The largest absolute Gasteiger partial charge is 0.342 e. The van der Waals surface area contributed by atoms with Crippen molar-refractivity contribution in [2.24, 2.45) is 7.05 Å². The third kappa shape index (κ3) is 5.10. The van der Waals surface area contributed by atoms with E-state index in [0.29, 0.717) is 27.3 Å². The van der Waals surface area contributed by atoms with Gasteiger partial charge in [-0.25, -0.2) is 0 Å². The normalized spacial score (nSPS) is 11.9. The Hall–Kier alpha value is -2.62. The van der Waals surface area contributed by atoms with Crippen molar-refractivity contribution in [1.29, 1.82) is 0 Å². The van der Waals surface area contributed by atoms with Crippen LogP contribution in [0.25, 0.3) is 0 Å². The van der Waals surface area contributed by atoms with Crippen molar-refractivity contribution in [3.05, 3.63) is 79.6 Å². The lowest BCUT2D eigenvalue weighted by molar-refractivity contribution is -0.384. The number of aromatic nitrogens is 3. The number of hydrogen-bond donors (Lipinski definition) is 1. The first-order valence-corrected chi connectivity index (χ1v) is 10.5. The van der Waals surface area contributed by atoms with Gasteiger partial charge in [-0.2, -0.15) is 0 Å². The van der Waals surface area contributed by atoms with Gasteiger partial charge in [-0.05, 0) is 30.7 Å². The number of benzene rings is 2. The zero-order valence-electron chi connectivity index (χ0n) is 16.0. The van der Waals surface area contributed by atoms with Gasteiger partial charge in [0.25, 0.3) is 11.6 Å². The number of hydrogen-bond acceptors (Lipinski definition) is 6. The summed E-state index contributed by atoms with van der Waals surface area (Å²) >= 11 is 13.4. The summed E-state index contributed by atoms with van der Waals surface area (Å²) in [4.78, 5) is 22.8. The maximum Gasteiger partial charge on any atom is 0.269 e. The van der Waals surface area contributed by atoms with E-state index in [-0.39, 0.29) is 16.6 Å². The molecule has 156 valence electrons. The van der Waals surface area contributed by atoms with Crippen LogP contribution in [-0.4, -0.2) is 25.6 Å². The Morgan fingerprint density at radius 1 is 1.23 bits per heavy atom. The van der Waals surface area contributed by atoms with Crippen molar-refractivity contribution >= 4 is 46.6 Å². The van der Waals surface area contributed by atoms with Crippen LogP contribution in [0.2, 0.25) is 10.0 Å². The van der Waals surface area contributed by atoms with Gasteiger partial charge < -0.3 is 9.88 Å². The smallest absolute Gasteiger partial charge is 0.269 e. The van der Waals surface area contributed by atoms with Crippen LogP contribution in [0, 0.1) is 10.1 Å². The highest BCUT2D eigenvalue weighted by molar-refractivity contribution is 7.98. The van der Waals surface area contributed by atoms with Crippen molar-refractivity contribution in [3.63, 3.8) is 0 Å². The van der Waals surface area contributed by atoms with Crippen LogP contribution in [0.1, 0.15) is 34.7 Å². The van der Waals surface area contributed by atoms with Crippen LogP contribution in [0.15, 0.2) is 47.6 Å². The molecule has 3 aromatic rings. The van der Waals surface area contributed by atoms with Crippen LogP contribution in [0.4, 0.5) is 5.69 Å². The maximum atomic E-state index is 12.5. The molecule has 0 fully saturated rings. The molecule has 1 aromatic heterocycles. The molecule has 0 aliphatic carbocycles. The second kappa shape index (κ2) is 9.46. The van der Waals surface area contributed by atoms with Crippen LogP contribution < -0.4 is 5.32 Å². The molecule has 0 radical (unpaired) electrons. The molecule has 1 amide bonds. The molecule has 0 saturated carbocycles. The molecule has 0 saturated heterocycles. The van der Waals surface area contributed by atoms with E-state index in [0.717, 1.165) is 5.56 Å². The predicted molar refractivity (Wildman–Crippen MR) is 116 cm³/mol. The van der Waals surface area contributed by atoms with Crippen LogP contribution in [-0.2, 0) is 12.8 Å². The lowest BCUT2D eigenvalue weighted by Crippen LogP contribution is -2.28. The number of carbonyl (C=O) groups excluding carboxylic acids is 1. The van der Waals surface area contributed by atoms with E-state index in [9.17, 15) is 14.9 Å². The summed E-state index contributed by atoms with van der Waals surface area (Å²) < 4.78 is 1.80. The lowest BCUT2D eigenvalue weighted by atomic mass is 10.2. The fourth-order valence-corrected chi connectivity index (χ4v) is 4.07. The number of nitro benzene ring substituents is 1. The highest BCUT2D eigenvalue weighted by atomic mass is 35.5. The van der Waals surface area contributed by atoms with Gasteiger partial charge >= 0.3 is 0 Å². The minimum atomic E-state index is -0.432. The minimum Gasteiger partial charge on any atom is -0.342 e. The van der Waals surface area contributed by atoms with E-state index in [1.54, 1.807) is 35.8 Å². The van der Waals surface area contributed by atoms with Crippen molar-refractivity contribution < 1.29 is 9.72 Å². The zero-order chi connectivity index (χ0) is 21.8. The topological polar surface area (TPSA) is 103 Å². The van der Waals surface area contributed by atoms with E-state index >= 15 is 0 Å². The van der Waals surface area contributed by atoms with E-state index < -0.39 is 11.0 Å². The van der Waals surface area contributed by atoms with E-state index in [4.69, 9.17) is 23.2 Å². The number of nitro groups is 1. The second-order valence-corrected chi connectivity index (χ2v) is 8.22. The third-order valence-corrected chi connectivity index (χ3v) is 5.93. The first kappa shape index (κ1) is 22.1. The average Bonchev–Trinajstić information content (AvgIpc) is 3.07. The van der Waals surface area contributed by atoms with Crippen molar-refractivity contribution in [3.8, 4) is 0 Å². The fraction of sp³-hybridized carbons (Fsp3) is 0.211. The summed E-state index contributed by atoms with van der Waals surface area (Å²) in [5.41, 5.74) is 1.30. The van der Waals surface area contributed by atoms with Crippen molar-refractivity contribution in [2.75, 3.05) is 0 Å². The molecule has 0 spiro atoms. The summed E-state index contributed by atoms with van der Waals surface area (Å²) in [5, 5.41) is 23.3. The average molecular weight is 466 g/mol. The molecule has 0 unspecified atom stereocenters. The van der Waals surface area contributed by atoms with Crippen LogP contribution in [0.5, 0.6) is 0 Å². The number of rotatable bonds is 7. The number of nitrogens with zero attached hydrogens (tertiary/aromatic N) is 4. The Morgan fingerprint density at radius 3 is 2.57 bits per heavy atom. The standard InChI is InChI=1S/C19H17Cl2N5O3S/c1-11(22-18(27)15-8-5-13(20)9-16(15)21)17-23-24-19(25(17)2)30-10-12-3-6-14(7-4-12)26(28)29/h3-9,11H,10H2,1-2H3,(H,22,27)/t11-/m1/s1. The third-order valence-electron chi connectivity index (χ3n) is 4.29. The molecule has 1 N–H and O–H groups in total. The summed E-state index contributed by atoms with van der Waals surface area (Å²) in [6, 6.07) is 10.6. The number of nitrogens with one attached hydrogen (secondary N) is 1. The maximum absolute atomic E-state index is 12.5. The SMILES string of the molecule is C[C@@H](NC(=O)c1ccc(Cl)cc1Cl)c1nnc(SCc2ccc([N+](=O)[O-])cc2)n1C. The predicted octanol–water partition coefficient (Wildman–Crippen LogP) is 4.81. The molecule has 3 rings (SSSR count). The fourth-order valence-electron chi connectivity index (χ4n) is 2.70. The summed E-state index contributed by atoms with van der Waals surface area (Å²) in [6.07, 6.45) is 0. The molecule has 30 heavy (non-hydrogen) atoms. The number of halogens is 2. The number of non-ortho nitro benzene ring substituents is 1. The Balaban J connectivity index is 1.65. The Bertz CT molecular complexity index is 1090. The van der Waals surface area contributed by atoms with Crippen molar-refractivity contribution in [2.45, 2.75) is 23.9 Å². The highest BCUT2D eigenvalue weighted by Crippen LogP contribution is 2.25. The van der Waals surface area contributed by atoms with Gasteiger partial charge in [0, 0.05) is 30.0 Å². The summed E-state index contributed by atoms with van der Waals surface area (Å²) in [7, 11) is 1.81. The van der Waals surface area contributed by atoms with E-state index in [2.05, 4.69) is 15.5 Å². The summed E-state index contributed by atoms with van der Waals surface area (Å²) in [6.45, 7) is 1.80. The van der Waals surface area contributed by atoms with Gasteiger partial charge in [-0.3, -0.25) is 14.9 Å². The lowest BCUT2D eigenvalue weighted by Gasteiger charge is -2.14. The van der Waals surface area contributed by atoms with Gasteiger partial charge in [-0.1, -0.05) is 47.1 Å². The number of thioether (sulfide) groups is 1. The Morgan fingerprint density at radius 2 is 1.93 bits per heavy atom.